The molecule has 19 heavy (non-hydrogen) atoms. The Morgan fingerprint density at radius 3 is 2.58 bits per heavy atom. The predicted octanol–water partition coefficient (Wildman–Crippen LogP) is 2.81. The fourth-order valence-corrected chi connectivity index (χ4v) is 2.65. The van der Waals surface area contributed by atoms with Crippen LogP contribution in [0.3, 0.4) is 0 Å². The van der Waals surface area contributed by atoms with Crippen molar-refractivity contribution in [2.45, 2.75) is 24.8 Å². The van der Waals surface area contributed by atoms with E-state index in [2.05, 4.69) is 54.4 Å². The Labute approximate surface area is 115 Å². The Morgan fingerprint density at radius 1 is 1.11 bits per heavy atom. The summed E-state index contributed by atoms with van der Waals surface area (Å²) in [5.74, 6) is 0. The molecule has 2 nitrogen and oxygen atoms in total. The van der Waals surface area contributed by atoms with E-state index in [9.17, 15) is 0 Å². The third-order valence-corrected chi connectivity index (χ3v) is 4.07. The van der Waals surface area contributed by atoms with Crippen LogP contribution >= 0.6 is 0 Å². The molecule has 0 unspecified atom stereocenters. The highest BCUT2D eigenvalue weighted by Gasteiger charge is 2.38. The summed E-state index contributed by atoms with van der Waals surface area (Å²) in [5.41, 5.74) is 7.68. The molecule has 0 aliphatic heterocycles. The Bertz CT molecular complexity index is 572. The molecule has 1 fully saturated rings. The van der Waals surface area contributed by atoms with Gasteiger partial charge in [0, 0.05) is 18.6 Å². The highest BCUT2D eigenvalue weighted by Crippen LogP contribution is 2.32. The van der Waals surface area contributed by atoms with Gasteiger partial charge in [-0.15, -0.1) is 0 Å². The summed E-state index contributed by atoms with van der Waals surface area (Å²) in [4.78, 5) is 2.36. The van der Waals surface area contributed by atoms with Crippen molar-refractivity contribution in [1.82, 2.24) is 4.90 Å². The van der Waals surface area contributed by atoms with Crippen molar-refractivity contribution in [3.8, 4) is 0 Å². The number of nitrogens with zero attached hydrogens (tertiary/aromatic N) is 1. The molecule has 0 aromatic heterocycles. The molecule has 0 atom stereocenters. The molecular weight excluding hydrogens is 232 g/mol. The highest BCUT2D eigenvalue weighted by atomic mass is 15.1. The first-order valence-corrected chi connectivity index (χ1v) is 7.10. The fourth-order valence-electron chi connectivity index (χ4n) is 2.65. The van der Waals surface area contributed by atoms with Gasteiger partial charge in [-0.25, -0.2) is 0 Å². The van der Waals surface area contributed by atoms with Crippen LogP contribution in [0.5, 0.6) is 0 Å². The summed E-state index contributed by atoms with van der Waals surface area (Å²) < 4.78 is 0. The van der Waals surface area contributed by atoms with E-state index in [0.717, 1.165) is 19.5 Å². The minimum atomic E-state index is 0.123. The smallest absolute Gasteiger partial charge is 0.0284 e. The van der Waals surface area contributed by atoms with E-state index in [1.54, 1.807) is 0 Å². The molecule has 1 saturated carbocycles. The summed E-state index contributed by atoms with van der Waals surface area (Å²) in [6.07, 6.45) is 3.47. The van der Waals surface area contributed by atoms with Crippen molar-refractivity contribution < 1.29 is 0 Å². The van der Waals surface area contributed by atoms with E-state index in [0.29, 0.717) is 0 Å². The second kappa shape index (κ2) is 4.95. The van der Waals surface area contributed by atoms with Gasteiger partial charge in [0.25, 0.3) is 0 Å². The average molecular weight is 254 g/mol. The first-order valence-electron chi connectivity index (χ1n) is 7.10. The maximum atomic E-state index is 6.15. The van der Waals surface area contributed by atoms with Crippen molar-refractivity contribution in [2.24, 2.45) is 5.73 Å². The maximum absolute atomic E-state index is 6.15. The average Bonchev–Trinajstić information content (AvgIpc) is 3.13. The van der Waals surface area contributed by atoms with Crippen LogP contribution in [-0.4, -0.2) is 30.6 Å². The predicted molar refractivity (Wildman–Crippen MR) is 81.3 cm³/mol. The van der Waals surface area contributed by atoms with Crippen LogP contribution in [-0.2, 0) is 6.42 Å². The van der Waals surface area contributed by atoms with E-state index in [-0.39, 0.29) is 5.54 Å². The minimum Gasteiger partial charge on any atom is -0.324 e. The summed E-state index contributed by atoms with van der Waals surface area (Å²) in [6, 6.07) is 15.3. The quantitative estimate of drug-likeness (QED) is 0.889. The van der Waals surface area contributed by atoms with Crippen molar-refractivity contribution in [1.29, 1.82) is 0 Å². The number of nitrogens with two attached hydrogens (primary N) is 1. The lowest BCUT2D eigenvalue weighted by Crippen LogP contribution is -2.38. The third-order valence-electron chi connectivity index (χ3n) is 4.07. The summed E-state index contributed by atoms with van der Waals surface area (Å²) in [6.45, 7) is 2.11. The van der Waals surface area contributed by atoms with Gasteiger partial charge in [-0.1, -0.05) is 42.5 Å². The second-order valence-corrected chi connectivity index (χ2v) is 6.03. The van der Waals surface area contributed by atoms with Gasteiger partial charge in [0.15, 0.2) is 0 Å². The number of rotatable bonds is 5. The topological polar surface area (TPSA) is 29.3 Å². The monoisotopic (exact) mass is 254 g/mol. The minimum absolute atomic E-state index is 0.123. The number of hydrogen-bond acceptors (Lipinski definition) is 2. The molecule has 3 rings (SSSR count). The molecule has 100 valence electrons. The van der Waals surface area contributed by atoms with Gasteiger partial charge >= 0.3 is 0 Å². The summed E-state index contributed by atoms with van der Waals surface area (Å²) >= 11 is 0. The van der Waals surface area contributed by atoms with Crippen LogP contribution in [0, 0.1) is 0 Å². The normalized spacial score (nSPS) is 17.0. The molecule has 0 amide bonds. The molecule has 0 heterocycles. The summed E-state index contributed by atoms with van der Waals surface area (Å²) in [5, 5.41) is 2.65. The summed E-state index contributed by atoms with van der Waals surface area (Å²) in [7, 11) is 2.17. The van der Waals surface area contributed by atoms with Gasteiger partial charge in [-0.3, -0.25) is 0 Å². The molecule has 1 aliphatic carbocycles. The molecule has 2 aromatic rings. The van der Waals surface area contributed by atoms with Crippen molar-refractivity contribution >= 4 is 10.8 Å². The zero-order chi connectivity index (χ0) is 13.3. The molecular formula is C17H22N2. The van der Waals surface area contributed by atoms with Gasteiger partial charge in [0.1, 0.15) is 0 Å². The van der Waals surface area contributed by atoms with Gasteiger partial charge < -0.3 is 10.6 Å². The first-order chi connectivity index (χ1) is 9.15. The van der Waals surface area contributed by atoms with Gasteiger partial charge in [-0.05, 0) is 42.6 Å². The number of hydrogen-bond donors (Lipinski definition) is 1. The Morgan fingerprint density at radius 2 is 1.84 bits per heavy atom. The SMILES string of the molecule is CN(CCc1ccc2ccccc2c1)CC1(N)CC1. The Kier molecular flexibility index (Phi) is 3.29. The molecule has 0 spiro atoms. The molecule has 2 N–H and O–H groups in total. The van der Waals surface area contributed by atoms with Crippen molar-refractivity contribution in [2.75, 3.05) is 20.1 Å². The van der Waals surface area contributed by atoms with Crippen molar-refractivity contribution in [3.05, 3.63) is 48.0 Å². The number of benzene rings is 2. The van der Waals surface area contributed by atoms with Crippen molar-refractivity contribution in [3.63, 3.8) is 0 Å². The molecule has 0 radical (unpaired) electrons. The lowest BCUT2D eigenvalue weighted by atomic mass is 10.0. The van der Waals surface area contributed by atoms with Gasteiger partial charge in [-0.2, -0.15) is 0 Å². The standard InChI is InChI=1S/C17H22N2/c1-19(13-17(18)9-10-17)11-8-14-6-7-15-4-2-3-5-16(15)12-14/h2-7,12H,8-11,13,18H2,1H3. The van der Waals surface area contributed by atoms with Crippen LogP contribution in [0.15, 0.2) is 42.5 Å². The second-order valence-electron chi connectivity index (χ2n) is 6.03. The number of fused-ring (bicyclic) bond motifs is 1. The number of likely N-dealkylation sites (N-methyl/N-ethyl adjacent to an activating group) is 1. The lowest BCUT2D eigenvalue weighted by molar-refractivity contribution is 0.306. The van der Waals surface area contributed by atoms with Gasteiger partial charge in [0.2, 0.25) is 0 Å². The largest absolute Gasteiger partial charge is 0.324 e. The third kappa shape index (κ3) is 3.14. The zero-order valence-electron chi connectivity index (χ0n) is 11.6. The highest BCUT2D eigenvalue weighted by molar-refractivity contribution is 5.82. The first kappa shape index (κ1) is 12.6. The van der Waals surface area contributed by atoms with Crippen LogP contribution in [0.1, 0.15) is 18.4 Å². The zero-order valence-corrected chi connectivity index (χ0v) is 11.6. The van der Waals surface area contributed by atoms with E-state index >= 15 is 0 Å². The molecule has 0 saturated heterocycles. The van der Waals surface area contributed by atoms with E-state index in [4.69, 9.17) is 5.73 Å². The van der Waals surface area contributed by atoms with Crippen LogP contribution in [0.2, 0.25) is 0 Å². The maximum Gasteiger partial charge on any atom is 0.0284 e. The van der Waals surface area contributed by atoms with E-state index in [1.165, 1.54) is 29.2 Å². The molecule has 2 aromatic carbocycles. The van der Waals surface area contributed by atoms with Crippen LogP contribution < -0.4 is 5.73 Å². The van der Waals surface area contributed by atoms with Crippen LogP contribution in [0.25, 0.3) is 10.8 Å². The van der Waals surface area contributed by atoms with E-state index < -0.39 is 0 Å². The Balaban J connectivity index is 1.61. The Hall–Kier alpha value is -1.38. The molecule has 1 aliphatic rings. The fraction of sp³-hybridized carbons (Fsp3) is 0.412. The van der Waals surface area contributed by atoms with Crippen LogP contribution in [0.4, 0.5) is 0 Å². The van der Waals surface area contributed by atoms with Gasteiger partial charge in [0.05, 0.1) is 0 Å². The molecule has 2 heteroatoms. The lowest BCUT2D eigenvalue weighted by Gasteiger charge is -2.20. The molecule has 0 bridgehead atoms. The van der Waals surface area contributed by atoms with E-state index in [1.807, 2.05) is 0 Å².